The van der Waals surface area contributed by atoms with Crippen LogP contribution in [0.25, 0.3) is 16.5 Å². The summed E-state index contributed by atoms with van der Waals surface area (Å²) in [6, 6.07) is 3.29. The zero-order chi connectivity index (χ0) is 42.8. The minimum Gasteiger partial charge on any atom is -0.496 e. The molecule has 22 heteroatoms. The molecule has 20 nitrogen and oxygen atoms in total. The highest BCUT2D eigenvalue weighted by Crippen LogP contribution is 2.48. The lowest BCUT2D eigenvalue weighted by molar-refractivity contribution is -0.396. The van der Waals surface area contributed by atoms with Crippen molar-refractivity contribution in [3.05, 3.63) is 74.2 Å². The quantitative estimate of drug-likeness (QED) is 0.0598. The number of ether oxygens (including phenoxy) is 5. The molecule has 2 aromatic carbocycles. The smallest absolute Gasteiger partial charge is 0.419 e. The van der Waals surface area contributed by atoms with Crippen molar-refractivity contribution in [2.45, 2.75) is 63.6 Å². The summed E-state index contributed by atoms with van der Waals surface area (Å²) in [7, 11) is -5.71. The molecule has 0 fully saturated rings. The molecule has 57 heavy (non-hydrogen) atoms. The van der Waals surface area contributed by atoms with Crippen molar-refractivity contribution in [2.24, 2.45) is 0 Å². The molecule has 0 spiro atoms. The van der Waals surface area contributed by atoms with E-state index in [4.69, 9.17) is 27.9 Å². The second-order valence-electron chi connectivity index (χ2n) is 13.6. The predicted molar refractivity (Wildman–Crippen MR) is 203 cm³/mol. The number of methoxy groups -OCH3 is 3. The van der Waals surface area contributed by atoms with Gasteiger partial charge in [0.25, 0.3) is 11.4 Å². The van der Waals surface area contributed by atoms with E-state index in [1.807, 2.05) is 6.92 Å². The van der Waals surface area contributed by atoms with Gasteiger partial charge in [-0.3, -0.25) is 20.2 Å². The van der Waals surface area contributed by atoms with Crippen molar-refractivity contribution >= 4 is 60.1 Å². The first kappa shape index (κ1) is 44.0. The number of non-ortho nitro benzene ring substituents is 1. The lowest BCUT2D eigenvalue weighted by atomic mass is 10.0. The molecule has 1 aromatic heterocycles. The van der Waals surface area contributed by atoms with E-state index in [1.54, 1.807) is 20.8 Å². The number of nitro benzene ring substituents is 2. The zero-order valence-electron chi connectivity index (χ0n) is 32.3. The van der Waals surface area contributed by atoms with Crippen molar-refractivity contribution < 1.29 is 64.1 Å². The average molecular weight is 839 g/mol. The van der Waals surface area contributed by atoms with Gasteiger partial charge in [0.1, 0.15) is 17.2 Å². The normalized spacial score (nSPS) is 14.5. The lowest BCUT2D eigenvalue weighted by Crippen LogP contribution is -2.39. The van der Waals surface area contributed by atoms with Crippen LogP contribution in [0.3, 0.4) is 0 Å². The third-order valence-electron chi connectivity index (χ3n) is 8.53. The van der Waals surface area contributed by atoms with Gasteiger partial charge in [-0.25, -0.2) is 22.6 Å². The van der Waals surface area contributed by atoms with Gasteiger partial charge in [-0.05, 0) is 56.9 Å². The van der Waals surface area contributed by atoms with Crippen LogP contribution >= 0.6 is 0 Å². The number of aromatic nitrogens is 1. The Hall–Kier alpha value is -5.74. The van der Waals surface area contributed by atoms with Gasteiger partial charge in [0.05, 0.1) is 67.6 Å². The topological polar surface area (TPSA) is 252 Å². The maximum absolute atomic E-state index is 14.5. The number of sulfonamides is 1. The van der Waals surface area contributed by atoms with Crippen LogP contribution in [0.4, 0.5) is 16.2 Å². The molecule has 0 unspecified atom stereocenters. The number of rotatable bonds is 16. The molecular weight excluding hydrogens is 797 g/mol. The van der Waals surface area contributed by atoms with E-state index >= 15 is 0 Å². The molecule has 2 heterocycles. The van der Waals surface area contributed by atoms with Gasteiger partial charge in [0.2, 0.25) is 15.8 Å². The van der Waals surface area contributed by atoms with Crippen molar-refractivity contribution in [3.63, 3.8) is 0 Å². The molecule has 4 rings (SSSR count). The molecule has 1 atom stereocenters. The second kappa shape index (κ2) is 16.8. The van der Waals surface area contributed by atoms with Crippen molar-refractivity contribution in [3.8, 4) is 17.2 Å². The monoisotopic (exact) mass is 838 g/mol. The van der Waals surface area contributed by atoms with Gasteiger partial charge in [-0.15, -0.1) is 0 Å². The van der Waals surface area contributed by atoms with Crippen LogP contribution in [0.15, 0.2) is 47.6 Å². The van der Waals surface area contributed by atoms with Gasteiger partial charge in [-0.1, -0.05) is 13.5 Å². The summed E-state index contributed by atoms with van der Waals surface area (Å²) in [4.78, 5) is 48.1. The summed E-state index contributed by atoms with van der Waals surface area (Å²) in [5.74, 6) is -1.98. The van der Waals surface area contributed by atoms with Crippen LogP contribution in [0.5, 0.6) is 17.2 Å². The number of carbonyl (C=O) groups is 2. The summed E-state index contributed by atoms with van der Waals surface area (Å²) in [6.07, 6.45) is 0.897. The van der Waals surface area contributed by atoms with E-state index in [1.165, 1.54) is 26.5 Å². The highest BCUT2D eigenvalue weighted by atomic mass is 32.2. The Kier molecular flexibility index (Phi) is 12.9. The Bertz CT molecular complexity index is 2400. The highest BCUT2D eigenvalue weighted by Gasteiger charge is 2.38. The van der Waals surface area contributed by atoms with Crippen molar-refractivity contribution in [1.82, 2.24) is 8.87 Å². The SMILES string of the molecule is C=C(C(=O)OC)c1c(CCN(C[C@@H]2CC(CC)=CO2)S(=O)(=O)c2ccc([N+](=O)[O-])cc2[N+](=O)[O-])c2cc(OS(C)(=O)=O)c(OC)c(OC)c2n1C(=O)OC(C)(C)C. The fraction of sp³-hybridized carbons (Fsp3) is 0.429. The Morgan fingerprint density at radius 1 is 1.04 bits per heavy atom. The first-order valence-electron chi connectivity index (χ1n) is 17.0. The van der Waals surface area contributed by atoms with Crippen LogP contribution in [-0.2, 0) is 45.6 Å². The van der Waals surface area contributed by atoms with Crippen molar-refractivity contribution in [2.75, 3.05) is 40.7 Å². The van der Waals surface area contributed by atoms with Crippen LogP contribution in [0.2, 0.25) is 0 Å². The molecule has 0 saturated carbocycles. The summed E-state index contributed by atoms with van der Waals surface area (Å²) in [5.41, 5.74) is -2.85. The lowest BCUT2D eigenvalue weighted by Gasteiger charge is -2.25. The number of esters is 1. The first-order chi connectivity index (χ1) is 26.5. The maximum Gasteiger partial charge on any atom is 0.419 e. The summed E-state index contributed by atoms with van der Waals surface area (Å²) in [6.45, 7) is 9.53. The standard InChI is InChI=1S/C35H42N4O16S2/c1-10-21-15-23(53-19-21)18-36(57(48,49)28-12-11-22(38(42)43)16-26(28)39(44)45)14-13-24-25-17-27(55-56(9,46)47)31(50-6)32(51-7)30(25)37(34(41)54-35(3,4)5)29(24)20(2)33(40)52-8/h11-12,16-17,19,23H,2,10,13-15,18H2,1,3-9H3/t23-/m0/s1. The Morgan fingerprint density at radius 3 is 2.19 bits per heavy atom. The number of hydrogen-bond acceptors (Lipinski definition) is 16. The number of carbonyl (C=O) groups excluding carboxylic acids is 2. The third-order valence-corrected chi connectivity index (χ3v) is 10.9. The van der Waals surface area contributed by atoms with Gasteiger partial charge in [0, 0.05) is 24.4 Å². The highest BCUT2D eigenvalue weighted by molar-refractivity contribution is 7.89. The van der Waals surface area contributed by atoms with Gasteiger partial charge in [-0.2, -0.15) is 12.7 Å². The molecule has 3 aromatic rings. The number of benzene rings is 2. The fourth-order valence-electron chi connectivity index (χ4n) is 6.13. The number of nitrogens with zero attached hydrogens (tertiary/aromatic N) is 4. The molecule has 0 N–H and O–H groups in total. The van der Waals surface area contributed by atoms with Gasteiger partial charge >= 0.3 is 22.2 Å². The zero-order valence-corrected chi connectivity index (χ0v) is 34.0. The van der Waals surface area contributed by atoms with Gasteiger partial charge in [0.15, 0.2) is 16.4 Å². The van der Waals surface area contributed by atoms with E-state index in [2.05, 4.69) is 6.58 Å². The van der Waals surface area contributed by atoms with Gasteiger partial charge < -0.3 is 27.9 Å². The molecule has 1 aliphatic heterocycles. The maximum atomic E-state index is 14.5. The summed E-state index contributed by atoms with van der Waals surface area (Å²) >= 11 is 0. The summed E-state index contributed by atoms with van der Waals surface area (Å²) in [5, 5.41) is 23.6. The molecule has 0 aliphatic carbocycles. The minimum atomic E-state index is -4.89. The van der Waals surface area contributed by atoms with Crippen LogP contribution < -0.4 is 13.7 Å². The van der Waals surface area contributed by atoms with E-state index in [-0.39, 0.29) is 40.2 Å². The first-order valence-corrected chi connectivity index (χ1v) is 20.2. The third kappa shape index (κ3) is 9.46. The molecule has 0 amide bonds. The Morgan fingerprint density at radius 2 is 1.68 bits per heavy atom. The second-order valence-corrected chi connectivity index (χ2v) is 17.1. The molecule has 0 radical (unpaired) electrons. The van der Waals surface area contributed by atoms with E-state index in [9.17, 15) is 46.7 Å². The van der Waals surface area contributed by atoms with E-state index < -0.39 is 94.3 Å². The number of hydrogen-bond donors (Lipinski definition) is 0. The number of fused-ring (bicyclic) bond motifs is 1. The fourth-order valence-corrected chi connectivity index (χ4v) is 8.19. The number of nitro groups is 2. The molecule has 310 valence electrons. The molecule has 0 saturated heterocycles. The molecule has 1 aliphatic rings. The molecular formula is C35H42N4O16S2. The average Bonchev–Trinajstić information content (AvgIpc) is 3.72. The van der Waals surface area contributed by atoms with Crippen LogP contribution in [-0.4, -0.2) is 100.0 Å². The largest absolute Gasteiger partial charge is 0.496 e. The molecule has 0 bridgehead atoms. The predicted octanol–water partition coefficient (Wildman–Crippen LogP) is 5.10. The van der Waals surface area contributed by atoms with Crippen LogP contribution in [0, 0.1) is 20.2 Å². The minimum absolute atomic E-state index is 0.00340. The van der Waals surface area contributed by atoms with E-state index in [0.717, 1.165) is 39.9 Å². The Labute approximate surface area is 328 Å². The Balaban J connectivity index is 2.08. The van der Waals surface area contributed by atoms with E-state index in [0.29, 0.717) is 18.9 Å². The summed E-state index contributed by atoms with van der Waals surface area (Å²) < 4.78 is 88.4. The van der Waals surface area contributed by atoms with Crippen molar-refractivity contribution in [1.29, 1.82) is 0 Å². The van der Waals surface area contributed by atoms with Crippen LogP contribution in [0.1, 0.15) is 51.8 Å².